The molecule has 3 rings (SSSR count). The first-order valence-electron chi connectivity index (χ1n) is 9.02. The van der Waals surface area contributed by atoms with E-state index >= 15 is 0 Å². The Hall–Kier alpha value is -0.650. The van der Waals surface area contributed by atoms with Gasteiger partial charge in [0.15, 0.2) is 0 Å². The summed E-state index contributed by atoms with van der Waals surface area (Å²) in [6.07, 6.45) is 3.41. The molecule has 0 aliphatic carbocycles. The van der Waals surface area contributed by atoms with E-state index in [0.717, 1.165) is 57.4 Å². The van der Waals surface area contributed by atoms with Crippen LogP contribution >= 0.6 is 0 Å². The number of nitrogens with one attached hydrogen (secondary N) is 1. The average Bonchev–Trinajstić information content (AvgIpc) is 2.56. The zero-order valence-electron chi connectivity index (χ0n) is 13.9. The third-order valence-electron chi connectivity index (χ3n) is 5.44. The van der Waals surface area contributed by atoms with Crippen molar-refractivity contribution in [3.63, 3.8) is 0 Å². The Kier molecular flexibility index (Phi) is 5.71. The van der Waals surface area contributed by atoms with Gasteiger partial charge >= 0.3 is 0 Å². The fourth-order valence-corrected chi connectivity index (χ4v) is 4.18. The molecule has 3 saturated heterocycles. The minimum atomic E-state index is 0.248. The number of rotatable bonds is 3. The summed E-state index contributed by atoms with van der Waals surface area (Å²) in [7, 11) is 0. The van der Waals surface area contributed by atoms with Gasteiger partial charge in [-0.05, 0) is 57.3 Å². The Morgan fingerprint density at radius 2 is 1.86 bits per heavy atom. The molecule has 0 aromatic carbocycles. The number of amides is 1. The van der Waals surface area contributed by atoms with Crippen LogP contribution in [0, 0.1) is 17.8 Å². The molecule has 3 heterocycles. The minimum absolute atomic E-state index is 0.248. The van der Waals surface area contributed by atoms with Crippen LogP contribution in [0.3, 0.4) is 0 Å². The SMILES string of the molecule is CC1CNCC(CN2CCC(C(=O)N3CCOCC3)CC2)C1. The fraction of sp³-hybridized carbons (Fsp3) is 0.941. The molecule has 0 bridgehead atoms. The van der Waals surface area contributed by atoms with Crippen molar-refractivity contribution in [3.05, 3.63) is 0 Å². The second-order valence-corrected chi connectivity index (χ2v) is 7.38. The van der Waals surface area contributed by atoms with Gasteiger partial charge in [-0.25, -0.2) is 0 Å². The molecular formula is C17H31N3O2. The maximum atomic E-state index is 12.5. The highest BCUT2D eigenvalue weighted by atomic mass is 16.5. The Morgan fingerprint density at radius 1 is 1.14 bits per heavy atom. The highest BCUT2D eigenvalue weighted by Gasteiger charge is 2.30. The molecular weight excluding hydrogens is 278 g/mol. The van der Waals surface area contributed by atoms with E-state index in [1.165, 1.54) is 19.5 Å². The highest BCUT2D eigenvalue weighted by Crippen LogP contribution is 2.23. The number of hydrogen-bond donors (Lipinski definition) is 1. The zero-order valence-corrected chi connectivity index (χ0v) is 13.9. The van der Waals surface area contributed by atoms with Crippen LogP contribution in [0.2, 0.25) is 0 Å². The second kappa shape index (κ2) is 7.75. The largest absolute Gasteiger partial charge is 0.378 e. The summed E-state index contributed by atoms with van der Waals surface area (Å²) in [6.45, 7) is 11.0. The van der Waals surface area contributed by atoms with Gasteiger partial charge in [-0.15, -0.1) is 0 Å². The predicted molar refractivity (Wildman–Crippen MR) is 86.7 cm³/mol. The molecule has 0 radical (unpaired) electrons. The van der Waals surface area contributed by atoms with E-state index in [-0.39, 0.29) is 5.92 Å². The summed E-state index contributed by atoms with van der Waals surface area (Å²) < 4.78 is 5.34. The summed E-state index contributed by atoms with van der Waals surface area (Å²) in [5, 5.41) is 3.54. The van der Waals surface area contributed by atoms with Gasteiger partial charge in [-0.3, -0.25) is 4.79 Å². The Bertz CT molecular complexity index is 363. The van der Waals surface area contributed by atoms with E-state index in [1.54, 1.807) is 0 Å². The van der Waals surface area contributed by atoms with Crippen LogP contribution in [0.5, 0.6) is 0 Å². The lowest BCUT2D eigenvalue weighted by molar-refractivity contribution is -0.141. The van der Waals surface area contributed by atoms with Crippen LogP contribution in [0.4, 0.5) is 0 Å². The third kappa shape index (κ3) is 4.21. The summed E-state index contributed by atoms with van der Waals surface area (Å²) in [5.41, 5.74) is 0. The molecule has 2 atom stereocenters. The van der Waals surface area contributed by atoms with Crippen LogP contribution in [-0.4, -0.2) is 74.7 Å². The Morgan fingerprint density at radius 3 is 2.55 bits per heavy atom. The van der Waals surface area contributed by atoms with Crippen LogP contribution in [0.15, 0.2) is 0 Å². The van der Waals surface area contributed by atoms with E-state index in [1.807, 2.05) is 4.90 Å². The second-order valence-electron chi connectivity index (χ2n) is 7.38. The number of carbonyl (C=O) groups excluding carboxylic acids is 1. The highest BCUT2D eigenvalue weighted by molar-refractivity contribution is 5.79. The van der Waals surface area contributed by atoms with Crippen LogP contribution in [0.25, 0.3) is 0 Å². The van der Waals surface area contributed by atoms with Gasteiger partial charge in [0, 0.05) is 25.6 Å². The molecule has 3 fully saturated rings. The molecule has 0 aromatic rings. The number of hydrogen-bond acceptors (Lipinski definition) is 4. The van der Waals surface area contributed by atoms with Crippen molar-refractivity contribution >= 4 is 5.91 Å². The predicted octanol–water partition coefficient (Wildman–Crippen LogP) is 0.803. The first kappa shape index (κ1) is 16.2. The molecule has 126 valence electrons. The van der Waals surface area contributed by atoms with Crippen molar-refractivity contribution in [3.8, 4) is 0 Å². The topological polar surface area (TPSA) is 44.8 Å². The standard InChI is InChI=1S/C17H31N3O2/c1-14-10-15(12-18-11-14)13-19-4-2-16(3-5-19)17(21)20-6-8-22-9-7-20/h14-16,18H,2-13H2,1H3. The molecule has 1 amide bonds. The fourth-order valence-electron chi connectivity index (χ4n) is 4.18. The molecule has 2 unspecified atom stereocenters. The summed E-state index contributed by atoms with van der Waals surface area (Å²) in [4.78, 5) is 17.1. The number of carbonyl (C=O) groups is 1. The van der Waals surface area contributed by atoms with Crippen molar-refractivity contribution in [1.82, 2.24) is 15.1 Å². The zero-order chi connectivity index (χ0) is 15.4. The molecule has 22 heavy (non-hydrogen) atoms. The number of ether oxygens (including phenoxy) is 1. The maximum Gasteiger partial charge on any atom is 0.225 e. The summed E-state index contributed by atoms with van der Waals surface area (Å²) >= 11 is 0. The molecule has 1 N–H and O–H groups in total. The van der Waals surface area contributed by atoms with Crippen LogP contribution < -0.4 is 5.32 Å². The maximum absolute atomic E-state index is 12.5. The van der Waals surface area contributed by atoms with Crippen LogP contribution in [-0.2, 0) is 9.53 Å². The first-order chi connectivity index (χ1) is 10.7. The number of morpholine rings is 1. The Labute approximate surface area is 134 Å². The molecule has 3 aliphatic rings. The van der Waals surface area contributed by atoms with Gasteiger partial charge in [0.25, 0.3) is 0 Å². The monoisotopic (exact) mass is 309 g/mol. The van der Waals surface area contributed by atoms with E-state index in [4.69, 9.17) is 4.74 Å². The smallest absolute Gasteiger partial charge is 0.225 e. The summed E-state index contributed by atoms with van der Waals surface area (Å²) in [5.74, 6) is 2.21. The number of likely N-dealkylation sites (tertiary alicyclic amines) is 1. The lowest BCUT2D eigenvalue weighted by Gasteiger charge is -2.38. The van der Waals surface area contributed by atoms with E-state index in [9.17, 15) is 4.79 Å². The van der Waals surface area contributed by atoms with Gasteiger partial charge in [-0.2, -0.15) is 0 Å². The van der Waals surface area contributed by atoms with Gasteiger partial charge in [0.2, 0.25) is 5.91 Å². The lowest BCUT2D eigenvalue weighted by Crippen LogP contribution is -2.48. The normalized spacial score (nSPS) is 32.1. The van der Waals surface area contributed by atoms with Crippen molar-refractivity contribution in [2.75, 3.05) is 59.0 Å². The van der Waals surface area contributed by atoms with Gasteiger partial charge < -0.3 is 19.9 Å². The molecule has 0 spiro atoms. The van der Waals surface area contributed by atoms with Gasteiger partial charge in [-0.1, -0.05) is 6.92 Å². The van der Waals surface area contributed by atoms with Gasteiger partial charge in [0.05, 0.1) is 13.2 Å². The molecule has 0 saturated carbocycles. The molecule has 5 heteroatoms. The van der Waals surface area contributed by atoms with Crippen molar-refractivity contribution in [2.24, 2.45) is 17.8 Å². The van der Waals surface area contributed by atoms with Crippen molar-refractivity contribution < 1.29 is 9.53 Å². The van der Waals surface area contributed by atoms with Crippen molar-refractivity contribution in [2.45, 2.75) is 26.2 Å². The summed E-state index contributed by atoms with van der Waals surface area (Å²) in [6, 6.07) is 0. The average molecular weight is 309 g/mol. The van der Waals surface area contributed by atoms with Crippen molar-refractivity contribution in [1.29, 1.82) is 0 Å². The molecule has 0 aromatic heterocycles. The molecule has 3 aliphatic heterocycles. The van der Waals surface area contributed by atoms with Crippen LogP contribution in [0.1, 0.15) is 26.2 Å². The first-order valence-corrected chi connectivity index (χ1v) is 9.02. The quantitative estimate of drug-likeness (QED) is 0.838. The number of nitrogens with zero attached hydrogens (tertiary/aromatic N) is 2. The van der Waals surface area contributed by atoms with Gasteiger partial charge in [0.1, 0.15) is 0 Å². The number of piperidine rings is 2. The molecule has 5 nitrogen and oxygen atoms in total. The van der Waals surface area contributed by atoms with E-state index < -0.39 is 0 Å². The minimum Gasteiger partial charge on any atom is -0.378 e. The third-order valence-corrected chi connectivity index (χ3v) is 5.44. The van der Waals surface area contributed by atoms with E-state index in [0.29, 0.717) is 19.1 Å². The lowest BCUT2D eigenvalue weighted by atomic mass is 9.89. The van der Waals surface area contributed by atoms with E-state index in [2.05, 4.69) is 17.1 Å². The Balaban J connectivity index is 1.41.